The van der Waals surface area contributed by atoms with Crippen LogP contribution in [0.25, 0.3) is 0 Å². The quantitative estimate of drug-likeness (QED) is 0.232. The zero-order valence-electron chi connectivity index (χ0n) is 11.4. The molecule has 0 aromatic heterocycles. The van der Waals surface area contributed by atoms with Crippen molar-refractivity contribution in [2.75, 3.05) is 19.8 Å². The second kappa shape index (κ2) is 9.27. The van der Waals surface area contributed by atoms with E-state index in [1.165, 1.54) is 0 Å². The summed E-state index contributed by atoms with van der Waals surface area (Å²) in [6.07, 6.45) is 0.237. The molecule has 18 heavy (non-hydrogen) atoms. The Morgan fingerprint density at radius 1 is 1.28 bits per heavy atom. The highest BCUT2D eigenvalue weighted by Gasteiger charge is 2.24. The van der Waals surface area contributed by atoms with E-state index < -0.39 is 6.29 Å². The molecule has 0 fully saturated rings. The van der Waals surface area contributed by atoms with Crippen LogP contribution in [0.3, 0.4) is 0 Å². The minimum absolute atomic E-state index is 0.00278. The molecule has 0 aliphatic heterocycles. The molecule has 108 valence electrons. The predicted octanol–water partition coefficient (Wildman–Crippen LogP) is 0.578. The summed E-state index contributed by atoms with van der Waals surface area (Å²) in [6.45, 7) is 6.71. The average molecular weight is 263 g/mol. The summed E-state index contributed by atoms with van der Waals surface area (Å²) in [5.74, 6) is -0.00278. The van der Waals surface area contributed by atoms with E-state index in [9.17, 15) is 4.79 Å². The lowest BCUT2D eigenvalue weighted by molar-refractivity contribution is -0.294. The van der Waals surface area contributed by atoms with Gasteiger partial charge >= 0.3 is 0 Å². The van der Waals surface area contributed by atoms with Crippen molar-refractivity contribution < 1.29 is 24.8 Å². The second-order valence-electron chi connectivity index (χ2n) is 4.76. The average Bonchev–Trinajstić information content (AvgIpc) is 2.31. The third-order valence-corrected chi connectivity index (χ3v) is 2.74. The monoisotopic (exact) mass is 263 g/mol. The lowest BCUT2D eigenvalue weighted by Gasteiger charge is -2.21. The van der Waals surface area contributed by atoms with Crippen LogP contribution in [0.5, 0.6) is 0 Å². The smallest absolute Gasteiger partial charge is 0.225 e. The first-order chi connectivity index (χ1) is 8.40. The van der Waals surface area contributed by atoms with Gasteiger partial charge in [-0.05, 0) is 12.8 Å². The van der Waals surface area contributed by atoms with Crippen molar-refractivity contribution >= 4 is 5.91 Å². The zero-order valence-corrected chi connectivity index (χ0v) is 11.4. The van der Waals surface area contributed by atoms with Crippen LogP contribution in [0.15, 0.2) is 0 Å². The van der Waals surface area contributed by atoms with E-state index in [1.54, 1.807) is 0 Å². The van der Waals surface area contributed by atoms with Crippen LogP contribution in [0, 0.1) is 5.41 Å². The molecule has 0 unspecified atom stereocenters. The molecular weight excluding hydrogens is 238 g/mol. The van der Waals surface area contributed by atoms with Crippen LogP contribution in [-0.4, -0.2) is 42.2 Å². The topological polar surface area (TPSA) is 88.0 Å². The van der Waals surface area contributed by atoms with E-state index in [-0.39, 0.29) is 24.3 Å². The molecule has 0 spiro atoms. The standard InChI is InChI=1S/C12H25NO5/c1-4-12(2,3)11(16)13-7-9-18-17-8-5-6-10(14)15/h10,14-15H,4-9H2,1-3H3,(H,13,16). The summed E-state index contributed by atoms with van der Waals surface area (Å²) in [6, 6.07) is 0. The molecule has 0 heterocycles. The minimum Gasteiger partial charge on any atom is -0.368 e. The van der Waals surface area contributed by atoms with Gasteiger partial charge in [-0.3, -0.25) is 4.79 Å². The first kappa shape index (κ1) is 17.3. The number of aliphatic hydroxyl groups excluding tert-OH is 1. The molecule has 0 rings (SSSR count). The number of hydrogen-bond donors (Lipinski definition) is 3. The molecule has 0 bridgehead atoms. The summed E-state index contributed by atoms with van der Waals surface area (Å²) in [7, 11) is 0. The number of carbonyl (C=O) groups is 1. The molecule has 0 aliphatic rings. The Bertz CT molecular complexity index is 231. The van der Waals surface area contributed by atoms with Gasteiger partial charge in [0.1, 0.15) is 0 Å². The third-order valence-electron chi connectivity index (χ3n) is 2.74. The van der Waals surface area contributed by atoms with Crippen LogP contribution >= 0.6 is 0 Å². The summed E-state index contributed by atoms with van der Waals surface area (Å²) < 4.78 is 0. The molecule has 0 aliphatic carbocycles. The van der Waals surface area contributed by atoms with E-state index in [4.69, 9.17) is 20.0 Å². The van der Waals surface area contributed by atoms with E-state index >= 15 is 0 Å². The lowest BCUT2D eigenvalue weighted by atomic mass is 9.89. The largest absolute Gasteiger partial charge is 0.368 e. The number of aliphatic hydroxyl groups is 2. The van der Waals surface area contributed by atoms with Gasteiger partial charge in [-0.25, -0.2) is 9.78 Å². The molecule has 0 radical (unpaired) electrons. The highest BCUT2D eigenvalue weighted by molar-refractivity contribution is 5.81. The maximum Gasteiger partial charge on any atom is 0.225 e. The van der Waals surface area contributed by atoms with Crippen molar-refractivity contribution in [1.82, 2.24) is 5.32 Å². The summed E-state index contributed by atoms with van der Waals surface area (Å²) in [5.41, 5.74) is -0.363. The highest BCUT2D eigenvalue weighted by atomic mass is 17.2. The molecule has 0 saturated heterocycles. The number of nitrogens with one attached hydrogen (secondary N) is 1. The summed E-state index contributed by atoms with van der Waals surface area (Å²) >= 11 is 0. The Labute approximate surface area is 108 Å². The molecule has 6 nitrogen and oxygen atoms in total. The van der Waals surface area contributed by atoms with Crippen molar-refractivity contribution in [2.24, 2.45) is 5.41 Å². The third kappa shape index (κ3) is 8.41. The van der Waals surface area contributed by atoms with Crippen LogP contribution in [0.4, 0.5) is 0 Å². The molecule has 6 heteroatoms. The predicted molar refractivity (Wildman–Crippen MR) is 66.4 cm³/mol. The summed E-state index contributed by atoms with van der Waals surface area (Å²) in [4.78, 5) is 21.3. The Morgan fingerprint density at radius 3 is 2.44 bits per heavy atom. The Balaban J connectivity index is 3.38. The van der Waals surface area contributed by atoms with Gasteiger partial charge in [0.2, 0.25) is 5.91 Å². The maximum absolute atomic E-state index is 11.6. The fourth-order valence-corrected chi connectivity index (χ4v) is 1.05. The second-order valence-corrected chi connectivity index (χ2v) is 4.76. The van der Waals surface area contributed by atoms with Crippen LogP contribution in [-0.2, 0) is 14.6 Å². The highest BCUT2D eigenvalue weighted by Crippen LogP contribution is 2.18. The van der Waals surface area contributed by atoms with Gasteiger partial charge in [0.15, 0.2) is 6.29 Å². The number of rotatable bonds is 10. The molecule has 0 saturated carbocycles. The number of amides is 1. The SMILES string of the molecule is CCC(C)(C)C(=O)NCCOOCCCC(O)O. The zero-order chi connectivity index (χ0) is 14.0. The first-order valence-electron chi connectivity index (χ1n) is 6.29. The van der Waals surface area contributed by atoms with Gasteiger partial charge in [0.25, 0.3) is 0 Å². The van der Waals surface area contributed by atoms with Gasteiger partial charge < -0.3 is 15.5 Å². The maximum atomic E-state index is 11.6. The number of hydrogen-bond acceptors (Lipinski definition) is 5. The molecular formula is C12H25NO5. The lowest BCUT2D eigenvalue weighted by Crippen LogP contribution is -2.38. The Hall–Kier alpha value is -0.690. The van der Waals surface area contributed by atoms with E-state index in [0.29, 0.717) is 19.6 Å². The fourth-order valence-electron chi connectivity index (χ4n) is 1.05. The van der Waals surface area contributed by atoms with Crippen molar-refractivity contribution in [3.63, 3.8) is 0 Å². The van der Waals surface area contributed by atoms with E-state index in [0.717, 1.165) is 6.42 Å². The molecule has 0 aromatic rings. The Morgan fingerprint density at radius 2 is 1.89 bits per heavy atom. The van der Waals surface area contributed by atoms with Gasteiger partial charge in [-0.1, -0.05) is 20.8 Å². The van der Waals surface area contributed by atoms with Gasteiger partial charge in [0, 0.05) is 18.4 Å². The van der Waals surface area contributed by atoms with Crippen molar-refractivity contribution in [1.29, 1.82) is 0 Å². The van der Waals surface area contributed by atoms with Gasteiger partial charge in [-0.15, -0.1) is 0 Å². The van der Waals surface area contributed by atoms with Crippen molar-refractivity contribution in [2.45, 2.75) is 46.3 Å². The van der Waals surface area contributed by atoms with E-state index in [2.05, 4.69) is 5.32 Å². The Kier molecular flexibility index (Phi) is 8.91. The summed E-state index contributed by atoms with van der Waals surface area (Å²) in [5, 5.41) is 19.9. The van der Waals surface area contributed by atoms with Crippen LogP contribution in [0.2, 0.25) is 0 Å². The first-order valence-corrected chi connectivity index (χ1v) is 6.29. The van der Waals surface area contributed by atoms with Crippen molar-refractivity contribution in [3.8, 4) is 0 Å². The van der Waals surface area contributed by atoms with E-state index in [1.807, 2.05) is 20.8 Å². The molecule has 0 atom stereocenters. The van der Waals surface area contributed by atoms with Crippen LogP contribution < -0.4 is 5.32 Å². The van der Waals surface area contributed by atoms with Gasteiger partial charge in [0.05, 0.1) is 13.2 Å². The molecule has 0 aromatic carbocycles. The van der Waals surface area contributed by atoms with Gasteiger partial charge in [-0.2, -0.15) is 0 Å². The van der Waals surface area contributed by atoms with Crippen LogP contribution in [0.1, 0.15) is 40.0 Å². The minimum atomic E-state index is -1.30. The molecule has 1 amide bonds. The normalized spacial score (nSPS) is 11.9. The fraction of sp³-hybridized carbons (Fsp3) is 0.917. The molecule has 3 N–H and O–H groups in total. The van der Waals surface area contributed by atoms with Crippen molar-refractivity contribution in [3.05, 3.63) is 0 Å². The number of carbonyl (C=O) groups excluding carboxylic acids is 1.